The lowest BCUT2D eigenvalue weighted by Gasteiger charge is -2.26. The Hall–Kier alpha value is -2.12. The van der Waals surface area contributed by atoms with Gasteiger partial charge >= 0.3 is 6.18 Å². The number of hydrogen-bond donors (Lipinski definition) is 2. The highest BCUT2D eigenvalue weighted by Crippen LogP contribution is 2.37. The van der Waals surface area contributed by atoms with Gasteiger partial charge in [0.2, 0.25) is 0 Å². The van der Waals surface area contributed by atoms with Gasteiger partial charge in [-0.2, -0.15) is 13.2 Å². The Kier molecular flexibility index (Phi) is 7.40. The van der Waals surface area contributed by atoms with Gasteiger partial charge in [-0.25, -0.2) is 8.78 Å². The van der Waals surface area contributed by atoms with Crippen LogP contribution in [0.3, 0.4) is 0 Å². The van der Waals surface area contributed by atoms with Crippen LogP contribution in [0.25, 0.3) is 5.57 Å². The van der Waals surface area contributed by atoms with Gasteiger partial charge in [0, 0.05) is 40.8 Å². The number of alkyl halides is 3. The summed E-state index contributed by atoms with van der Waals surface area (Å²) in [5.74, 6) is -2.36. The standard InChI is InChI=1S/C19H26F5N3/c1-7-14(19(22,23)24)27-13-8-12(20)15(9(2)3)18(21)17(13)16(10(4)25)11(5)26-6/h8-9,14,27H,7,25H2,1-6H3/b16-10+,26-11?. The third kappa shape index (κ3) is 4.99. The van der Waals surface area contributed by atoms with Crippen LogP contribution < -0.4 is 11.1 Å². The maximum absolute atomic E-state index is 15.3. The molecule has 1 aromatic rings. The summed E-state index contributed by atoms with van der Waals surface area (Å²) in [6.07, 6.45) is -4.88. The minimum absolute atomic E-state index is 0.149. The van der Waals surface area contributed by atoms with E-state index in [1.165, 1.54) is 20.9 Å². The Morgan fingerprint density at radius 3 is 2.15 bits per heavy atom. The van der Waals surface area contributed by atoms with Crippen LogP contribution >= 0.6 is 0 Å². The van der Waals surface area contributed by atoms with E-state index < -0.39 is 29.8 Å². The van der Waals surface area contributed by atoms with Crippen LogP contribution in [0.4, 0.5) is 27.6 Å². The lowest BCUT2D eigenvalue weighted by Crippen LogP contribution is -2.36. The van der Waals surface area contributed by atoms with Gasteiger partial charge in [0.15, 0.2) is 0 Å². The fourth-order valence-electron chi connectivity index (χ4n) is 2.90. The van der Waals surface area contributed by atoms with Crippen molar-refractivity contribution in [2.75, 3.05) is 12.4 Å². The predicted octanol–water partition coefficient (Wildman–Crippen LogP) is 5.62. The molecule has 8 heteroatoms. The van der Waals surface area contributed by atoms with E-state index >= 15 is 4.39 Å². The summed E-state index contributed by atoms with van der Waals surface area (Å²) in [4.78, 5) is 3.98. The third-order valence-electron chi connectivity index (χ3n) is 4.31. The summed E-state index contributed by atoms with van der Waals surface area (Å²) in [7, 11) is 1.46. The van der Waals surface area contributed by atoms with E-state index in [1.54, 1.807) is 20.8 Å². The monoisotopic (exact) mass is 391 g/mol. The largest absolute Gasteiger partial charge is 0.408 e. The van der Waals surface area contributed by atoms with Crippen LogP contribution in [-0.4, -0.2) is 25.0 Å². The number of benzene rings is 1. The first-order valence-electron chi connectivity index (χ1n) is 8.62. The first kappa shape index (κ1) is 22.9. The molecule has 0 heterocycles. The number of nitrogens with two attached hydrogens (primary N) is 1. The summed E-state index contributed by atoms with van der Waals surface area (Å²) < 4.78 is 69.5. The Labute approximate surface area is 156 Å². The molecule has 0 saturated carbocycles. The molecule has 152 valence electrons. The molecule has 0 aromatic heterocycles. The van der Waals surface area contributed by atoms with Gasteiger partial charge in [0.25, 0.3) is 0 Å². The topological polar surface area (TPSA) is 50.4 Å². The number of aliphatic imine (C=N–C) groups is 1. The van der Waals surface area contributed by atoms with Gasteiger partial charge in [0.05, 0.1) is 0 Å². The van der Waals surface area contributed by atoms with Crippen molar-refractivity contribution in [3.8, 4) is 0 Å². The van der Waals surface area contributed by atoms with E-state index in [-0.39, 0.29) is 34.5 Å². The molecule has 1 unspecified atom stereocenters. The summed E-state index contributed by atoms with van der Waals surface area (Å²) in [6.45, 7) is 7.59. The van der Waals surface area contributed by atoms with Crippen molar-refractivity contribution in [1.29, 1.82) is 0 Å². The number of rotatable bonds is 6. The Balaban J connectivity index is 3.86. The second kappa shape index (κ2) is 8.71. The molecule has 1 rings (SSSR count). The Morgan fingerprint density at radius 1 is 1.22 bits per heavy atom. The molecule has 0 saturated heterocycles. The second-order valence-corrected chi connectivity index (χ2v) is 6.68. The van der Waals surface area contributed by atoms with Gasteiger partial charge in [-0.15, -0.1) is 0 Å². The van der Waals surface area contributed by atoms with Crippen molar-refractivity contribution in [2.45, 2.75) is 59.2 Å². The number of nitrogens with zero attached hydrogens (tertiary/aromatic N) is 1. The highest BCUT2D eigenvalue weighted by atomic mass is 19.4. The molecule has 0 radical (unpaired) electrons. The smallest absolute Gasteiger partial charge is 0.402 e. The van der Waals surface area contributed by atoms with Crippen molar-refractivity contribution in [2.24, 2.45) is 10.7 Å². The molecular weight excluding hydrogens is 365 g/mol. The normalized spacial score (nSPS) is 15.0. The first-order valence-corrected chi connectivity index (χ1v) is 8.62. The molecule has 0 aliphatic heterocycles. The van der Waals surface area contributed by atoms with Crippen molar-refractivity contribution >= 4 is 17.0 Å². The molecule has 0 fully saturated rings. The zero-order valence-corrected chi connectivity index (χ0v) is 16.4. The third-order valence-corrected chi connectivity index (χ3v) is 4.31. The number of anilines is 1. The van der Waals surface area contributed by atoms with Gasteiger partial charge in [-0.1, -0.05) is 20.8 Å². The average molecular weight is 391 g/mol. The fraction of sp³-hybridized carbons (Fsp3) is 0.526. The molecule has 3 N–H and O–H groups in total. The summed E-state index contributed by atoms with van der Waals surface area (Å²) >= 11 is 0. The molecule has 1 aromatic carbocycles. The van der Waals surface area contributed by atoms with E-state index in [1.807, 2.05) is 0 Å². The van der Waals surface area contributed by atoms with E-state index in [4.69, 9.17) is 5.73 Å². The van der Waals surface area contributed by atoms with E-state index in [0.717, 1.165) is 6.07 Å². The van der Waals surface area contributed by atoms with Crippen LogP contribution in [0.2, 0.25) is 0 Å². The molecule has 3 nitrogen and oxygen atoms in total. The van der Waals surface area contributed by atoms with Crippen LogP contribution in [0.5, 0.6) is 0 Å². The molecular formula is C19H26F5N3. The second-order valence-electron chi connectivity index (χ2n) is 6.68. The molecule has 0 amide bonds. The maximum Gasteiger partial charge on any atom is 0.408 e. The zero-order chi connectivity index (χ0) is 21.1. The predicted molar refractivity (Wildman–Crippen MR) is 100 cm³/mol. The minimum atomic E-state index is -4.58. The molecule has 0 spiro atoms. The molecule has 0 bridgehead atoms. The van der Waals surface area contributed by atoms with Crippen molar-refractivity contribution < 1.29 is 22.0 Å². The summed E-state index contributed by atoms with van der Waals surface area (Å²) in [5.41, 5.74) is 5.82. The maximum atomic E-state index is 15.3. The highest BCUT2D eigenvalue weighted by molar-refractivity contribution is 6.24. The van der Waals surface area contributed by atoms with Gasteiger partial charge in [0.1, 0.15) is 17.7 Å². The summed E-state index contributed by atoms with van der Waals surface area (Å²) in [5, 5.41) is 2.25. The van der Waals surface area contributed by atoms with E-state index in [2.05, 4.69) is 10.3 Å². The fourth-order valence-corrected chi connectivity index (χ4v) is 2.90. The van der Waals surface area contributed by atoms with Crippen LogP contribution in [-0.2, 0) is 0 Å². The van der Waals surface area contributed by atoms with Crippen molar-refractivity contribution in [3.63, 3.8) is 0 Å². The van der Waals surface area contributed by atoms with Gasteiger partial charge in [-0.05, 0) is 32.3 Å². The average Bonchev–Trinajstić information content (AvgIpc) is 2.52. The molecule has 0 aliphatic rings. The molecule has 27 heavy (non-hydrogen) atoms. The molecule has 0 aliphatic carbocycles. The number of nitrogens with one attached hydrogen (secondary N) is 1. The van der Waals surface area contributed by atoms with Gasteiger partial charge < -0.3 is 11.1 Å². The zero-order valence-electron chi connectivity index (χ0n) is 16.4. The number of halogens is 5. The first-order chi connectivity index (χ1) is 12.4. The van der Waals surface area contributed by atoms with Gasteiger partial charge in [-0.3, -0.25) is 4.99 Å². The van der Waals surface area contributed by atoms with Crippen molar-refractivity contribution in [3.05, 3.63) is 34.5 Å². The van der Waals surface area contributed by atoms with Crippen molar-refractivity contribution in [1.82, 2.24) is 0 Å². The van der Waals surface area contributed by atoms with E-state index in [0.29, 0.717) is 5.71 Å². The van der Waals surface area contributed by atoms with Crippen LogP contribution in [0.1, 0.15) is 58.1 Å². The Morgan fingerprint density at radius 2 is 1.78 bits per heavy atom. The quantitative estimate of drug-likeness (QED) is 0.488. The number of hydrogen-bond acceptors (Lipinski definition) is 3. The van der Waals surface area contributed by atoms with Crippen LogP contribution in [0.15, 0.2) is 16.8 Å². The lowest BCUT2D eigenvalue weighted by molar-refractivity contribution is -0.142. The highest BCUT2D eigenvalue weighted by Gasteiger charge is 2.39. The van der Waals surface area contributed by atoms with E-state index in [9.17, 15) is 17.6 Å². The Bertz CT molecular complexity index is 745. The number of allylic oxidation sites excluding steroid dienone is 2. The van der Waals surface area contributed by atoms with Crippen LogP contribution in [0, 0.1) is 11.6 Å². The lowest BCUT2D eigenvalue weighted by atomic mass is 9.91. The molecule has 1 atom stereocenters. The minimum Gasteiger partial charge on any atom is -0.402 e. The summed E-state index contributed by atoms with van der Waals surface area (Å²) in [6, 6.07) is -1.06. The SMILES string of the molecule is CCC(Nc1cc(F)c(C(C)C)c(F)c1/C(C(C)=NC)=C(\C)N)C(F)(F)F.